The molecule has 0 aliphatic carbocycles. The number of nitrogens with one attached hydrogen (secondary N) is 2. The maximum absolute atomic E-state index is 12.6. The van der Waals surface area contributed by atoms with Gasteiger partial charge in [-0.15, -0.1) is 0 Å². The molecule has 2 heterocycles. The molecular formula is C22H20N4O. The third-order valence-corrected chi connectivity index (χ3v) is 4.37. The molecule has 0 spiro atoms. The second-order valence-electron chi connectivity index (χ2n) is 6.55. The maximum Gasteiger partial charge on any atom is 0.324 e. The molecule has 4 aromatic rings. The van der Waals surface area contributed by atoms with Crippen LogP contribution in [0.5, 0.6) is 0 Å². The molecular weight excluding hydrogens is 336 g/mol. The minimum Gasteiger partial charge on any atom is -0.308 e. The van der Waals surface area contributed by atoms with Crippen LogP contribution in [-0.2, 0) is 0 Å². The average Bonchev–Trinajstić information content (AvgIpc) is 3.01. The fourth-order valence-electron chi connectivity index (χ4n) is 2.97. The number of pyridine rings is 1. The summed E-state index contributed by atoms with van der Waals surface area (Å²) in [5.41, 5.74) is 5.47. The van der Waals surface area contributed by atoms with E-state index in [0.717, 1.165) is 33.7 Å². The highest BCUT2D eigenvalue weighted by atomic mass is 16.2. The molecule has 2 aromatic heterocycles. The molecule has 0 unspecified atom stereocenters. The van der Waals surface area contributed by atoms with Crippen molar-refractivity contribution in [3.8, 4) is 11.3 Å². The quantitative estimate of drug-likeness (QED) is 0.526. The molecule has 0 radical (unpaired) electrons. The van der Waals surface area contributed by atoms with E-state index in [9.17, 15) is 4.79 Å². The lowest BCUT2D eigenvalue weighted by Gasteiger charge is -2.10. The number of anilines is 2. The van der Waals surface area contributed by atoms with Crippen molar-refractivity contribution in [3.05, 3.63) is 84.1 Å². The first kappa shape index (κ1) is 16.8. The third kappa shape index (κ3) is 3.53. The summed E-state index contributed by atoms with van der Waals surface area (Å²) < 4.78 is 1.89. The molecule has 0 saturated heterocycles. The van der Waals surface area contributed by atoms with Gasteiger partial charge in [-0.3, -0.25) is 9.72 Å². The molecule has 2 aromatic carbocycles. The monoisotopic (exact) mass is 356 g/mol. The van der Waals surface area contributed by atoms with Crippen molar-refractivity contribution in [1.29, 1.82) is 0 Å². The Morgan fingerprint density at radius 2 is 1.63 bits per heavy atom. The lowest BCUT2D eigenvalue weighted by atomic mass is 10.1. The molecule has 2 N–H and O–H groups in total. The van der Waals surface area contributed by atoms with Crippen molar-refractivity contribution < 1.29 is 4.79 Å². The number of hydrogen-bond acceptors (Lipinski definition) is 2. The SMILES string of the molecule is Cc1ccc(NC(=O)Nc2c(-c3ccccc3)nc3cc(C)ccn23)cc1. The Balaban J connectivity index is 1.71. The van der Waals surface area contributed by atoms with Crippen LogP contribution in [0.1, 0.15) is 11.1 Å². The van der Waals surface area contributed by atoms with Gasteiger partial charge in [0.05, 0.1) is 0 Å². The largest absolute Gasteiger partial charge is 0.324 e. The van der Waals surface area contributed by atoms with Gasteiger partial charge in [-0.1, -0.05) is 48.0 Å². The Kier molecular flexibility index (Phi) is 4.34. The van der Waals surface area contributed by atoms with E-state index >= 15 is 0 Å². The zero-order valence-corrected chi connectivity index (χ0v) is 15.2. The number of rotatable bonds is 3. The number of amides is 2. The van der Waals surface area contributed by atoms with Crippen molar-refractivity contribution in [2.24, 2.45) is 0 Å². The number of fused-ring (bicyclic) bond motifs is 1. The molecule has 4 rings (SSSR count). The number of urea groups is 1. The molecule has 0 aliphatic rings. The highest BCUT2D eigenvalue weighted by Gasteiger charge is 2.16. The molecule has 5 nitrogen and oxygen atoms in total. The molecule has 0 saturated carbocycles. The van der Waals surface area contributed by atoms with Gasteiger partial charge in [0, 0.05) is 17.4 Å². The molecule has 0 bridgehead atoms. The number of aryl methyl sites for hydroxylation is 2. The second-order valence-corrected chi connectivity index (χ2v) is 6.55. The van der Waals surface area contributed by atoms with Crippen molar-refractivity contribution in [2.45, 2.75) is 13.8 Å². The fraction of sp³-hybridized carbons (Fsp3) is 0.0909. The van der Waals surface area contributed by atoms with Crippen LogP contribution in [0.3, 0.4) is 0 Å². The summed E-state index contributed by atoms with van der Waals surface area (Å²) in [5, 5.41) is 5.84. The lowest BCUT2D eigenvalue weighted by molar-refractivity contribution is 0.262. The summed E-state index contributed by atoms with van der Waals surface area (Å²) in [5.74, 6) is 0.640. The van der Waals surface area contributed by atoms with Crippen LogP contribution in [0.4, 0.5) is 16.3 Å². The van der Waals surface area contributed by atoms with Gasteiger partial charge in [-0.2, -0.15) is 0 Å². The molecule has 0 atom stereocenters. The number of carbonyl (C=O) groups excluding carboxylic acids is 1. The molecule has 0 fully saturated rings. The van der Waals surface area contributed by atoms with E-state index in [1.807, 2.05) is 91.2 Å². The van der Waals surface area contributed by atoms with Crippen LogP contribution in [0, 0.1) is 13.8 Å². The molecule has 134 valence electrons. The Labute approximate surface area is 157 Å². The smallest absolute Gasteiger partial charge is 0.308 e. The normalized spacial score (nSPS) is 10.7. The number of imidazole rings is 1. The summed E-state index contributed by atoms with van der Waals surface area (Å²) in [6.45, 7) is 4.03. The molecule has 2 amide bonds. The van der Waals surface area contributed by atoms with E-state index in [-0.39, 0.29) is 6.03 Å². The molecule has 5 heteroatoms. The predicted octanol–water partition coefficient (Wildman–Crippen LogP) is 5.26. The summed E-state index contributed by atoms with van der Waals surface area (Å²) in [7, 11) is 0. The lowest BCUT2D eigenvalue weighted by Crippen LogP contribution is -2.20. The average molecular weight is 356 g/mol. The highest BCUT2D eigenvalue weighted by Crippen LogP contribution is 2.29. The first-order chi connectivity index (χ1) is 13.1. The van der Waals surface area contributed by atoms with Gasteiger partial charge in [-0.25, -0.2) is 9.78 Å². The van der Waals surface area contributed by atoms with Crippen LogP contribution in [0.25, 0.3) is 16.9 Å². The van der Waals surface area contributed by atoms with E-state index in [4.69, 9.17) is 4.98 Å². The van der Waals surface area contributed by atoms with E-state index in [1.165, 1.54) is 0 Å². The number of benzene rings is 2. The van der Waals surface area contributed by atoms with Crippen LogP contribution in [-0.4, -0.2) is 15.4 Å². The van der Waals surface area contributed by atoms with Gasteiger partial charge in [0.2, 0.25) is 0 Å². The number of carbonyl (C=O) groups is 1. The van der Waals surface area contributed by atoms with Gasteiger partial charge in [0.1, 0.15) is 17.2 Å². The second kappa shape index (κ2) is 6.96. The maximum atomic E-state index is 12.6. The topological polar surface area (TPSA) is 58.4 Å². The summed E-state index contributed by atoms with van der Waals surface area (Å²) in [4.78, 5) is 17.3. The van der Waals surface area contributed by atoms with Gasteiger partial charge in [-0.05, 0) is 43.7 Å². The standard InChI is InChI=1S/C22H20N4O/c1-15-8-10-18(11-9-15)23-22(27)25-21-20(17-6-4-3-5-7-17)24-19-14-16(2)12-13-26(19)21/h3-14H,1-2H3,(H2,23,25,27). The zero-order valence-electron chi connectivity index (χ0n) is 15.2. The van der Waals surface area contributed by atoms with Crippen molar-refractivity contribution in [2.75, 3.05) is 10.6 Å². The third-order valence-electron chi connectivity index (χ3n) is 4.37. The summed E-state index contributed by atoms with van der Waals surface area (Å²) in [6.07, 6.45) is 1.92. The Morgan fingerprint density at radius 3 is 2.37 bits per heavy atom. The van der Waals surface area contributed by atoms with Crippen LogP contribution in [0.15, 0.2) is 72.9 Å². The van der Waals surface area contributed by atoms with Gasteiger partial charge < -0.3 is 5.32 Å². The van der Waals surface area contributed by atoms with Crippen molar-refractivity contribution in [1.82, 2.24) is 9.38 Å². The summed E-state index contributed by atoms with van der Waals surface area (Å²) >= 11 is 0. The van der Waals surface area contributed by atoms with E-state index in [0.29, 0.717) is 5.82 Å². The van der Waals surface area contributed by atoms with Gasteiger partial charge >= 0.3 is 6.03 Å². The van der Waals surface area contributed by atoms with Gasteiger partial charge in [0.25, 0.3) is 0 Å². The Bertz CT molecular complexity index is 1100. The Hall–Kier alpha value is -3.60. The zero-order chi connectivity index (χ0) is 18.8. The number of nitrogens with zero attached hydrogens (tertiary/aromatic N) is 2. The minimum atomic E-state index is -0.307. The predicted molar refractivity (Wildman–Crippen MR) is 109 cm³/mol. The van der Waals surface area contributed by atoms with E-state index < -0.39 is 0 Å². The van der Waals surface area contributed by atoms with Crippen molar-refractivity contribution >= 4 is 23.2 Å². The fourth-order valence-corrected chi connectivity index (χ4v) is 2.97. The first-order valence-corrected chi connectivity index (χ1v) is 8.79. The van der Waals surface area contributed by atoms with Crippen LogP contribution in [0.2, 0.25) is 0 Å². The van der Waals surface area contributed by atoms with E-state index in [2.05, 4.69) is 10.6 Å². The van der Waals surface area contributed by atoms with Gasteiger partial charge in [0.15, 0.2) is 0 Å². The first-order valence-electron chi connectivity index (χ1n) is 8.79. The number of aromatic nitrogens is 2. The van der Waals surface area contributed by atoms with Crippen LogP contribution >= 0.6 is 0 Å². The highest BCUT2D eigenvalue weighted by molar-refractivity contribution is 6.01. The summed E-state index contributed by atoms with van der Waals surface area (Å²) in [6, 6.07) is 21.2. The van der Waals surface area contributed by atoms with E-state index in [1.54, 1.807) is 0 Å². The van der Waals surface area contributed by atoms with Crippen molar-refractivity contribution in [3.63, 3.8) is 0 Å². The number of hydrogen-bond donors (Lipinski definition) is 2. The molecule has 0 aliphatic heterocycles. The minimum absolute atomic E-state index is 0.307. The Morgan fingerprint density at radius 1 is 0.889 bits per heavy atom. The molecule has 27 heavy (non-hydrogen) atoms. The van der Waals surface area contributed by atoms with Crippen LogP contribution < -0.4 is 10.6 Å².